The van der Waals surface area contributed by atoms with Crippen LogP contribution in [0.25, 0.3) is 0 Å². The summed E-state index contributed by atoms with van der Waals surface area (Å²) >= 11 is 0. The third kappa shape index (κ3) is 3.30. The van der Waals surface area contributed by atoms with Crippen molar-refractivity contribution in [3.8, 4) is 0 Å². The molecule has 2 N–H and O–H groups in total. The molecule has 0 bridgehead atoms. The topological polar surface area (TPSA) is 66.0 Å². The molecule has 0 aromatic carbocycles. The van der Waals surface area contributed by atoms with Crippen LogP contribution in [0, 0.1) is 5.41 Å². The van der Waals surface area contributed by atoms with E-state index in [4.69, 9.17) is 5.11 Å². The highest BCUT2D eigenvalue weighted by Crippen LogP contribution is 2.18. The smallest absolute Gasteiger partial charge is 0.251 e. The van der Waals surface area contributed by atoms with Crippen molar-refractivity contribution < 1.29 is 5.11 Å². The Bertz CT molecular complexity index is 363. The summed E-state index contributed by atoms with van der Waals surface area (Å²) in [6.07, 6.45) is 0.726. The molecule has 0 spiro atoms. The molecule has 0 aliphatic carbocycles. The Morgan fingerprint density at radius 2 is 2.14 bits per heavy atom. The molecular formula is C10H16N2O2. The minimum atomic E-state index is -0.229. The first kappa shape index (κ1) is 10.9. The second kappa shape index (κ2) is 3.92. The van der Waals surface area contributed by atoms with E-state index in [1.54, 1.807) is 0 Å². The zero-order valence-electron chi connectivity index (χ0n) is 8.79. The van der Waals surface area contributed by atoms with Crippen LogP contribution in [0.3, 0.4) is 0 Å². The highest BCUT2D eigenvalue weighted by molar-refractivity contribution is 5.04. The van der Waals surface area contributed by atoms with Gasteiger partial charge in [0.15, 0.2) is 0 Å². The van der Waals surface area contributed by atoms with E-state index in [2.05, 4.69) is 30.7 Å². The van der Waals surface area contributed by atoms with Crippen LogP contribution >= 0.6 is 0 Å². The highest BCUT2D eigenvalue weighted by atomic mass is 16.3. The zero-order chi connectivity index (χ0) is 10.8. The lowest BCUT2D eigenvalue weighted by atomic mass is 9.90. The first-order valence-corrected chi connectivity index (χ1v) is 4.61. The number of nitrogens with zero attached hydrogens (tertiary/aromatic N) is 1. The van der Waals surface area contributed by atoms with Gasteiger partial charge >= 0.3 is 0 Å². The Kier molecular flexibility index (Phi) is 3.06. The van der Waals surface area contributed by atoms with E-state index < -0.39 is 0 Å². The Balaban J connectivity index is 2.98. The number of hydrogen-bond donors (Lipinski definition) is 2. The number of rotatable bonds is 2. The summed E-state index contributed by atoms with van der Waals surface area (Å²) in [6.45, 7) is 6.00. The van der Waals surface area contributed by atoms with Crippen molar-refractivity contribution in [3.05, 3.63) is 27.9 Å². The fourth-order valence-corrected chi connectivity index (χ4v) is 1.27. The number of hydrogen-bond acceptors (Lipinski definition) is 3. The van der Waals surface area contributed by atoms with Crippen LogP contribution in [0.4, 0.5) is 0 Å². The quantitative estimate of drug-likeness (QED) is 0.737. The van der Waals surface area contributed by atoms with Gasteiger partial charge in [-0.25, -0.2) is 4.98 Å². The van der Waals surface area contributed by atoms with Crippen molar-refractivity contribution in [2.45, 2.75) is 33.8 Å². The van der Waals surface area contributed by atoms with Crippen LogP contribution in [0.15, 0.2) is 10.9 Å². The first-order valence-electron chi connectivity index (χ1n) is 4.61. The third-order valence-electron chi connectivity index (χ3n) is 1.70. The van der Waals surface area contributed by atoms with Crippen molar-refractivity contribution >= 4 is 0 Å². The maximum Gasteiger partial charge on any atom is 0.251 e. The molecule has 1 heterocycles. The number of H-pyrrole nitrogens is 1. The second-order valence-corrected chi connectivity index (χ2v) is 4.58. The summed E-state index contributed by atoms with van der Waals surface area (Å²) in [4.78, 5) is 17.7. The summed E-state index contributed by atoms with van der Waals surface area (Å²) in [5.74, 6) is 0.330. The molecule has 0 saturated carbocycles. The Hall–Kier alpha value is -1.16. The molecule has 1 aromatic heterocycles. The molecule has 0 aliphatic heterocycles. The predicted octanol–water partition coefficient (Wildman–Crippen LogP) is 0.851. The Labute approximate surface area is 83.0 Å². The maximum absolute atomic E-state index is 11.1. The van der Waals surface area contributed by atoms with Crippen LogP contribution in [0.1, 0.15) is 32.3 Å². The van der Waals surface area contributed by atoms with Gasteiger partial charge in [0, 0.05) is 11.8 Å². The van der Waals surface area contributed by atoms with E-state index in [1.165, 1.54) is 6.07 Å². The van der Waals surface area contributed by atoms with Crippen molar-refractivity contribution in [2.24, 2.45) is 5.41 Å². The van der Waals surface area contributed by atoms with E-state index >= 15 is 0 Å². The number of nitrogens with one attached hydrogen (secondary N) is 1. The van der Waals surface area contributed by atoms with E-state index in [0.717, 1.165) is 12.1 Å². The third-order valence-corrected chi connectivity index (χ3v) is 1.70. The molecule has 0 fully saturated rings. The lowest BCUT2D eigenvalue weighted by Crippen LogP contribution is -2.17. The number of aliphatic hydroxyl groups excluding tert-OH is 1. The summed E-state index contributed by atoms with van der Waals surface area (Å²) in [6, 6.07) is 1.48. The predicted molar refractivity (Wildman–Crippen MR) is 53.9 cm³/mol. The van der Waals surface area contributed by atoms with Gasteiger partial charge in [-0.1, -0.05) is 20.8 Å². The summed E-state index contributed by atoms with van der Waals surface area (Å²) in [7, 11) is 0. The van der Waals surface area contributed by atoms with Crippen molar-refractivity contribution in [2.75, 3.05) is 0 Å². The van der Waals surface area contributed by atoms with Crippen LogP contribution < -0.4 is 5.56 Å². The van der Waals surface area contributed by atoms with E-state index in [9.17, 15) is 4.79 Å². The summed E-state index contributed by atoms with van der Waals surface area (Å²) < 4.78 is 0. The fourth-order valence-electron chi connectivity index (χ4n) is 1.27. The van der Waals surface area contributed by atoms with Gasteiger partial charge in [0.1, 0.15) is 12.4 Å². The maximum atomic E-state index is 11.1. The molecule has 14 heavy (non-hydrogen) atoms. The molecule has 78 valence electrons. The zero-order valence-corrected chi connectivity index (χ0v) is 8.79. The fraction of sp³-hybridized carbons (Fsp3) is 0.600. The van der Waals surface area contributed by atoms with E-state index in [1.807, 2.05) is 0 Å². The minimum Gasteiger partial charge on any atom is -0.388 e. The molecule has 0 radical (unpaired) electrons. The standard InChI is InChI=1S/C10H16N2O2/c1-10(2,3)5-7-4-9(14)12-8(6-13)11-7/h4,13H,5-6H2,1-3H3,(H,11,12,14). The lowest BCUT2D eigenvalue weighted by Gasteiger charge is -2.17. The molecule has 4 nitrogen and oxygen atoms in total. The largest absolute Gasteiger partial charge is 0.388 e. The average molecular weight is 196 g/mol. The molecule has 0 amide bonds. The van der Waals surface area contributed by atoms with Gasteiger partial charge in [-0.3, -0.25) is 4.79 Å². The molecule has 1 rings (SSSR count). The minimum absolute atomic E-state index is 0.0908. The van der Waals surface area contributed by atoms with Gasteiger partial charge in [-0.2, -0.15) is 0 Å². The highest BCUT2D eigenvalue weighted by Gasteiger charge is 2.13. The molecule has 1 aromatic rings. The molecular weight excluding hydrogens is 180 g/mol. The van der Waals surface area contributed by atoms with Crippen LogP contribution in [0.5, 0.6) is 0 Å². The number of aromatic nitrogens is 2. The van der Waals surface area contributed by atoms with Crippen molar-refractivity contribution in [1.29, 1.82) is 0 Å². The van der Waals surface area contributed by atoms with Gasteiger partial charge in [0.05, 0.1) is 0 Å². The van der Waals surface area contributed by atoms with Gasteiger partial charge in [0.2, 0.25) is 0 Å². The van der Waals surface area contributed by atoms with E-state index in [-0.39, 0.29) is 17.6 Å². The second-order valence-electron chi connectivity index (χ2n) is 4.58. The molecule has 4 heteroatoms. The Morgan fingerprint density at radius 3 is 2.64 bits per heavy atom. The van der Waals surface area contributed by atoms with Gasteiger partial charge in [0.25, 0.3) is 5.56 Å². The number of aromatic amines is 1. The molecule has 0 atom stereocenters. The van der Waals surface area contributed by atoms with Crippen LogP contribution in [-0.4, -0.2) is 15.1 Å². The van der Waals surface area contributed by atoms with Gasteiger partial charge in [-0.05, 0) is 11.8 Å². The average Bonchev–Trinajstić information content (AvgIpc) is 1.99. The normalized spacial score (nSPS) is 11.7. The van der Waals surface area contributed by atoms with Gasteiger partial charge < -0.3 is 10.1 Å². The monoisotopic (exact) mass is 196 g/mol. The first-order chi connectivity index (χ1) is 6.40. The Morgan fingerprint density at radius 1 is 1.50 bits per heavy atom. The van der Waals surface area contributed by atoms with Gasteiger partial charge in [-0.15, -0.1) is 0 Å². The molecule has 0 aliphatic rings. The SMILES string of the molecule is CC(C)(C)Cc1cc(=O)[nH]c(CO)n1. The lowest BCUT2D eigenvalue weighted by molar-refractivity contribution is 0.269. The summed E-state index contributed by atoms with van der Waals surface area (Å²) in [5, 5.41) is 8.85. The van der Waals surface area contributed by atoms with Crippen molar-refractivity contribution in [3.63, 3.8) is 0 Å². The molecule has 0 unspecified atom stereocenters. The van der Waals surface area contributed by atoms with Crippen LogP contribution in [0.2, 0.25) is 0 Å². The van der Waals surface area contributed by atoms with Crippen molar-refractivity contribution in [1.82, 2.24) is 9.97 Å². The van der Waals surface area contributed by atoms with E-state index in [0.29, 0.717) is 5.82 Å². The van der Waals surface area contributed by atoms with Crippen LogP contribution in [-0.2, 0) is 13.0 Å². The number of aliphatic hydroxyl groups is 1. The molecule has 0 saturated heterocycles. The summed E-state index contributed by atoms with van der Waals surface area (Å²) in [5.41, 5.74) is 0.613.